The largest absolute Gasteiger partial charge is 0.492 e. The fraction of sp³-hybridized carbons (Fsp3) is 0.533. The summed E-state index contributed by atoms with van der Waals surface area (Å²) in [5.41, 5.74) is 1.20. The summed E-state index contributed by atoms with van der Waals surface area (Å²) >= 11 is 0. The van der Waals surface area contributed by atoms with Crippen molar-refractivity contribution < 1.29 is 33.8 Å². The van der Waals surface area contributed by atoms with Crippen LogP contribution in [0, 0.1) is 23.0 Å². The highest BCUT2D eigenvalue weighted by Crippen LogP contribution is 2.28. The summed E-state index contributed by atoms with van der Waals surface area (Å²) in [6.45, 7) is 4.71. The maximum atomic E-state index is 13.1. The molecule has 1 N–H and O–H groups in total. The van der Waals surface area contributed by atoms with Crippen LogP contribution in [0.2, 0.25) is 0 Å². The van der Waals surface area contributed by atoms with Crippen molar-refractivity contribution >= 4 is 17.7 Å². The first-order valence-electron chi connectivity index (χ1n) is 14.0. The summed E-state index contributed by atoms with van der Waals surface area (Å²) in [7, 11) is 0. The Morgan fingerprint density at radius 1 is 1.07 bits per heavy atom. The first-order chi connectivity index (χ1) is 19.3. The summed E-state index contributed by atoms with van der Waals surface area (Å²) in [4.78, 5) is 36.8. The number of aliphatic carboxylic acids is 1. The minimum absolute atomic E-state index is 0.100. The van der Waals surface area contributed by atoms with E-state index in [9.17, 15) is 24.8 Å². The number of benzene rings is 2. The highest BCUT2D eigenvalue weighted by Gasteiger charge is 2.21. The van der Waals surface area contributed by atoms with Gasteiger partial charge in [0, 0.05) is 25.1 Å². The number of rotatable bonds is 15. The lowest BCUT2D eigenvalue weighted by atomic mass is 9.86. The number of carboxylic acid groups (broad SMARTS) is 1. The molecule has 40 heavy (non-hydrogen) atoms. The molecule has 1 aliphatic carbocycles. The summed E-state index contributed by atoms with van der Waals surface area (Å²) < 4.78 is 16.7. The monoisotopic (exact) mass is 556 g/mol. The molecule has 2 aromatic rings. The van der Waals surface area contributed by atoms with E-state index in [2.05, 4.69) is 0 Å². The van der Waals surface area contributed by atoms with Gasteiger partial charge in [0.15, 0.2) is 6.10 Å². The van der Waals surface area contributed by atoms with Gasteiger partial charge in [-0.1, -0.05) is 44.2 Å². The lowest BCUT2D eigenvalue weighted by Crippen LogP contribution is -2.37. The quantitative estimate of drug-likeness (QED) is 0.204. The van der Waals surface area contributed by atoms with E-state index in [1.165, 1.54) is 38.2 Å². The number of carboxylic acids is 1. The van der Waals surface area contributed by atoms with Gasteiger partial charge in [-0.15, -0.1) is 0 Å². The second-order valence-electron chi connectivity index (χ2n) is 10.2. The maximum Gasteiger partial charge on any atom is 0.415 e. The van der Waals surface area contributed by atoms with E-state index in [-0.39, 0.29) is 31.0 Å². The highest BCUT2D eigenvalue weighted by atomic mass is 16.6. The number of ether oxygens (including phenoxy) is 3. The van der Waals surface area contributed by atoms with E-state index in [1.807, 2.05) is 0 Å². The van der Waals surface area contributed by atoms with Gasteiger partial charge < -0.3 is 24.2 Å². The third kappa shape index (κ3) is 9.82. The van der Waals surface area contributed by atoms with Crippen molar-refractivity contribution in [1.29, 1.82) is 0 Å². The molecule has 10 nitrogen and oxygen atoms in total. The third-order valence-corrected chi connectivity index (χ3v) is 7.22. The molecule has 0 spiro atoms. The molecule has 2 aromatic carbocycles. The van der Waals surface area contributed by atoms with Gasteiger partial charge in [-0.2, -0.15) is 0 Å². The smallest absolute Gasteiger partial charge is 0.415 e. The number of aryl methyl sites for hydroxylation is 1. The second kappa shape index (κ2) is 15.8. The van der Waals surface area contributed by atoms with Crippen LogP contribution in [0.25, 0.3) is 0 Å². The van der Waals surface area contributed by atoms with Crippen molar-refractivity contribution in [3.05, 3.63) is 63.7 Å². The summed E-state index contributed by atoms with van der Waals surface area (Å²) in [5.74, 6) is 0.405. The van der Waals surface area contributed by atoms with Crippen molar-refractivity contribution in [2.45, 2.75) is 71.3 Å². The average molecular weight is 557 g/mol. The molecule has 1 atom stereocenters. The topological polar surface area (TPSA) is 128 Å². The van der Waals surface area contributed by atoms with E-state index < -0.39 is 23.1 Å². The zero-order valence-corrected chi connectivity index (χ0v) is 23.4. The van der Waals surface area contributed by atoms with Gasteiger partial charge in [0.25, 0.3) is 5.69 Å². The molecule has 3 rings (SSSR count). The van der Waals surface area contributed by atoms with Crippen LogP contribution >= 0.6 is 0 Å². The van der Waals surface area contributed by atoms with Crippen LogP contribution in [-0.4, -0.2) is 59.4 Å². The number of nitro groups is 1. The number of carbonyl (C=O) groups is 2. The van der Waals surface area contributed by atoms with Crippen LogP contribution in [0.5, 0.6) is 11.5 Å². The molecule has 0 saturated heterocycles. The van der Waals surface area contributed by atoms with Crippen LogP contribution in [0.4, 0.5) is 10.5 Å². The van der Waals surface area contributed by atoms with Crippen LogP contribution in [0.15, 0.2) is 42.5 Å². The lowest BCUT2D eigenvalue weighted by molar-refractivity contribution is -0.385. The highest BCUT2D eigenvalue weighted by molar-refractivity contribution is 5.72. The Kier molecular flexibility index (Phi) is 12.2. The Morgan fingerprint density at radius 3 is 2.42 bits per heavy atom. The molecule has 1 saturated carbocycles. The minimum atomic E-state index is -1.00. The molecule has 1 amide bonds. The van der Waals surface area contributed by atoms with Crippen molar-refractivity contribution in [3.63, 3.8) is 0 Å². The Morgan fingerprint density at radius 2 is 1.77 bits per heavy atom. The zero-order chi connectivity index (χ0) is 28.9. The first kappa shape index (κ1) is 30.9. The first-order valence-corrected chi connectivity index (χ1v) is 14.0. The standard InChI is InChI=1S/C30H40N2O8/c1-3-38-28(29(33)34)20-24-12-15-25(16-13-24)39-19-18-31(17-7-10-23-8-5-4-6-9-23)30(35)40-26-14-11-22(2)27(21-26)32(36)37/h11-16,21,23,28H,3-10,17-20H2,1-2H3,(H,33,34). The maximum absolute atomic E-state index is 13.1. The number of amides is 1. The van der Waals surface area contributed by atoms with E-state index in [0.717, 1.165) is 18.4 Å². The van der Waals surface area contributed by atoms with Crippen LogP contribution < -0.4 is 9.47 Å². The molecule has 0 aliphatic heterocycles. The van der Waals surface area contributed by atoms with Crippen LogP contribution in [-0.2, 0) is 16.0 Å². The van der Waals surface area contributed by atoms with Gasteiger partial charge in [-0.05, 0) is 62.4 Å². The average Bonchev–Trinajstić information content (AvgIpc) is 2.94. The number of carbonyl (C=O) groups excluding carboxylic acids is 1. The van der Waals surface area contributed by atoms with Crippen molar-refractivity contribution in [3.8, 4) is 11.5 Å². The van der Waals surface area contributed by atoms with E-state index in [4.69, 9.17) is 14.2 Å². The zero-order valence-electron chi connectivity index (χ0n) is 23.4. The van der Waals surface area contributed by atoms with E-state index in [1.54, 1.807) is 55.1 Å². The molecule has 1 fully saturated rings. The predicted octanol–water partition coefficient (Wildman–Crippen LogP) is 6.18. The van der Waals surface area contributed by atoms with Crippen LogP contribution in [0.1, 0.15) is 63.0 Å². The molecule has 10 heteroatoms. The SMILES string of the molecule is CCOC(Cc1ccc(OCCN(CCCC2CCCCC2)C(=O)Oc2ccc(C)c([N+](=O)[O-])c2)cc1)C(=O)O. The van der Waals surface area contributed by atoms with E-state index >= 15 is 0 Å². The fourth-order valence-corrected chi connectivity index (χ4v) is 4.98. The molecular weight excluding hydrogens is 516 g/mol. The molecule has 218 valence electrons. The molecule has 1 aliphatic rings. The Hall–Kier alpha value is -3.66. The summed E-state index contributed by atoms with van der Waals surface area (Å²) in [5, 5.41) is 20.6. The van der Waals surface area contributed by atoms with Crippen molar-refractivity contribution in [2.24, 2.45) is 5.92 Å². The Balaban J connectivity index is 1.58. The van der Waals surface area contributed by atoms with Crippen molar-refractivity contribution in [1.82, 2.24) is 4.90 Å². The van der Waals surface area contributed by atoms with Crippen molar-refractivity contribution in [2.75, 3.05) is 26.3 Å². The lowest BCUT2D eigenvalue weighted by Gasteiger charge is -2.25. The van der Waals surface area contributed by atoms with E-state index in [0.29, 0.717) is 30.4 Å². The number of nitro benzene ring substituents is 1. The third-order valence-electron chi connectivity index (χ3n) is 7.22. The predicted molar refractivity (Wildman–Crippen MR) is 150 cm³/mol. The van der Waals surface area contributed by atoms with Gasteiger partial charge in [0.2, 0.25) is 0 Å². The minimum Gasteiger partial charge on any atom is -0.492 e. The van der Waals surface area contributed by atoms with Crippen LogP contribution in [0.3, 0.4) is 0 Å². The molecule has 0 aromatic heterocycles. The summed E-state index contributed by atoms with van der Waals surface area (Å²) in [6.07, 6.45) is 6.94. The Labute approximate surface area is 235 Å². The fourth-order valence-electron chi connectivity index (χ4n) is 4.98. The molecule has 0 heterocycles. The molecule has 0 radical (unpaired) electrons. The van der Waals surface area contributed by atoms with Gasteiger partial charge in [0.05, 0.1) is 17.5 Å². The molecular formula is C30H40N2O8. The summed E-state index contributed by atoms with van der Waals surface area (Å²) in [6, 6.07) is 11.5. The van der Waals surface area contributed by atoms with Gasteiger partial charge in [-0.25, -0.2) is 9.59 Å². The molecule has 0 bridgehead atoms. The van der Waals surface area contributed by atoms with Gasteiger partial charge in [0.1, 0.15) is 18.1 Å². The Bertz CT molecular complexity index is 1120. The number of hydrogen-bond donors (Lipinski definition) is 1. The normalized spacial score (nSPS) is 14.3. The number of hydrogen-bond acceptors (Lipinski definition) is 7. The van der Waals surface area contributed by atoms with Gasteiger partial charge in [-0.3, -0.25) is 10.1 Å². The molecule has 1 unspecified atom stereocenters. The number of nitrogens with zero attached hydrogens (tertiary/aromatic N) is 2. The van der Waals surface area contributed by atoms with Gasteiger partial charge >= 0.3 is 12.1 Å². The second-order valence-corrected chi connectivity index (χ2v) is 10.2.